The molecule has 0 radical (unpaired) electrons. The molecule has 7 nitrogen and oxygen atoms in total. The lowest BCUT2D eigenvalue weighted by Crippen LogP contribution is -2.22. The molecule has 1 aromatic carbocycles. The summed E-state index contributed by atoms with van der Waals surface area (Å²) in [4.78, 5) is 29.1. The highest BCUT2D eigenvalue weighted by molar-refractivity contribution is 5.78. The number of carbonyl (C=O) groups excluding carboxylic acids is 1. The highest BCUT2D eigenvalue weighted by Gasteiger charge is 2.10. The van der Waals surface area contributed by atoms with E-state index in [2.05, 4.69) is 22.2 Å². The van der Waals surface area contributed by atoms with Gasteiger partial charge in [0.05, 0.1) is 22.5 Å². The predicted molar refractivity (Wildman–Crippen MR) is 78.7 cm³/mol. The highest BCUT2D eigenvalue weighted by atomic mass is 16.6. The van der Waals surface area contributed by atoms with Gasteiger partial charge in [0.2, 0.25) is 5.91 Å². The highest BCUT2D eigenvalue weighted by Crippen LogP contribution is 2.18. The largest absolute Gasteiger partial charge is 0.349 e. The summed E-state index contributed by atoms with van der Waals surface area (Å²) >= 11 is 0. The van der Waals surface area contributed by atoms with Crippen LogP contribution in [-0.4, -0.2) is 20.8 Å². The minimum absolute atomic E-state index is 0.00473. The Morgan fingerprint density at radius 1 is 1.43 bits per heavy atom. The number of unbranched alkanes of at least 4 members (excludes halogenated alkanes) is 2. The van der Waals surface area contributed by atoms with E-state index >= 15 is 0 Å². The van der Waals surface area contributed by atoms with Gasteiger partial charge >= 0.3 is 0 Å². The summed E-state index contributed by atoms with van der Waals surface area (Å²) in [6, 6.07) is 4.45. The average Bonchev–Trinajstić information content (AvgIpc) is 2.87. The van der Waals surface area contributed by atoms with E-state index < -0.39 is 4.92 Å². The minimum Gasteiger partial charge on any atom is -0.349 e. The van der Waals surface area contributed by atoms with Crippen molar-refractivity contribution in [3.8, 4) is 0 Å². The lowest BCUT2D eigenvalue weighted by molar-refractivity contribution is -0.384. The maximum atomic E-state index is 11.6. The molecule has 0 saturated heterocycles. The number of non-ortho nitro benzene ring substituents is 1. The standard InChI is InChI=1S/C14H18N4O3/c1-2-3-4-5-14(19)15-9-13-16-11-7-6-10(18(20)21)8-12(11)17-13/h6-8H,2-5,9H2,1H3,(H,15,19)(H,16,17). The third-order valence-corrected chi connectivity index (χ3v) is 3.19. The molecule has 2 N–H and O–H groups in total. The van der Waals surface area contributed by atoms with Crippen LogP contribution in [0.15, 0.2) is 18.2 Å². The molecule has 0 aliphatic rings. The van der Waals surface area contributed by atoms with Crippen LogP contribution in [-0.2, 0) is 11.3 Å². The fourth-order valence-electron chi connectivity index (χ4n) is 2.05. The normalized spacial score (nSPS) is 10.7. The number of hydrogen-bond acceptors (Lipinski definition) is 4. The van der Waals surface area contributed by atoms with Crippen molar-refractivity contribution >= 4 is 22.6 Å². The molecule has 0 bridgehead atoms. The number of amides is 1. The van der Waals surface area contributed by atoms with Crippen LogP contribution in [0.3, 0.4) is 0 Å². The predicted octanol–water partition coefficient (Wildman–Crippen LogP) is 2.67. The maximum absolute atomic E-state index is 11.6. The average molecular weight is 290 g/mol. The molecule has 0 spiro atoms. The fourth-order valence-corrected chi connectivity index (χ4v) is 2.05. The van der Waals surface area contributed by atoms with Gasteiger partial charge in [-0.15, -0.1) is 0 Å². The molecule has 2 aromatic rings. The van der Waals surface area contributed by atoms with E-state index in [0.717, 1.165) is 19.3 Å². The molecular formula is C14H18N4O3. The summed E-state index contributed by atoms with van der Waals surface area (Å²) < 4.78 is 0. The molecule has 7 heteroatoms. The second kappa shape index (κ2) is 6.83. The first-order chi connectivity index (χ1) is 10.1. The Hall–Kier alpha value is -2.44. The second-order valence-electron chi connectivity index (χ2n) is 4.88. The number of rotatable bonds is 7. The molecule has 1 heterocycles. The molecular weight excluding hydrogens is 272 g/mol. The van der Waals surface area contributed by atoms with Crippen LogP contribution in [0.2, 0.25) is 0 Å². The van der Waals surface area contributed by atoms with Crippen LogP contribution in [0.4, 0.5) is 5.69 Å². The van der Waals surface area contributed by atoms with Gasteiger partial charge in [-0.05, 0) is 12.5 Å². The van der Waals surface area contributed by atoms with E-state index in [1.165, 1.54) is 12.1 Å². The van der Waals surface area contributed by atoms with Crippen molar-refractivity contribution in [1.29, 1.82) is 0 Å². The third-order valence-electron chi connectivity index (χ3n) is 3.19. The molecule has 0 fully saturated rings. The van der Waals surface area contributed by atoms with Crippen LogP contribution in [0.1, 0.15) is 38.4 Å². The first-order valence-corrected chi connectivity index (χ1v) is 7.00. The summed E-state index contributed by atoms with van der Waals surface area (Å²) in [7, 11) is 0. The number of nitro benzene ring substituents is 1. The molecule has 0 unspecified atom stereocenters. The van der Waals surface area contributed by atoms with Gasteiger partial charge in [-0.3, -0.25) is 14.9 Å². The van der Waals surface area contributed by atoms with Gasteiger partial charge in [0.15, 0.2) is 0 Å². The topological polar surface area (TPSA) is 101 Å². The molecule has 0 aliphatic carbocycles. The number of fused-ring (bicyclic) bond motifs is 1. The Morgan fingerprint density at radius 3 is 2.95 bits per heavy atom. The molecule has 2 rings (SSSR count). The summed E-state index contributed by atoms with van der Waals surface area (Å²) in [5.74, 6) is 0.587. The Bertz CT molecular complexity index is 651. The van der Waals surface area contributed by atoms with Crippen molar-refractivity contribution in [2.75, 3.05) is 0 Å². The van der Waals surface area contributed by atoms with E-state index in [1.807, 2.05) is 0 Å². The van der Waals surface area contributed by atoms with Gasteiger partial charge in [-0.2, -0.15) is 0 Å². The first kappa shape index (κ1) is 15.0. The molecule has 21 heavy (non-hydrogen) atoms. The maximum Gasteiger partial charge on any atom is 0.271 e. The number of imidazole rings is 1. The van der Waals surface area contributed by atoms with E-state index in [1.54, 1.807) is 6.07 Å². The zero-order valence-electron chi connectivity index (χ0n) is 11.9. The van der Waals surface area contributed by atoms with Gasteiger partial charge in [0.1, 0.15) is 5.82 Å². The van der Waals surface area contributed by atoms with Crippen LogP contribution < -0.4 is 5.32 Å². The van der Waals surface area contributed by atoms with Crippen molar-refractivity contribution in [3.63, 3.8) is 0 Å². The molecule has 112 valence electrons. The number of hydrogen-bond donors (Lipinski definition) is 2. The van der Waals surface area contributed by atoms with Crippen LogP contribution in [0, 0.1) is 10.1 Å². The Kier molecular flexibility index (Phi) is 4.86. The Balaban J connectivity index is 1.96. The number of aromatic amines is 1. The molecule has 0 aliphatic heterocycles. The number of nitro groups is 1. The Labute approximate surface area is 121 Å². The zero-order valence-corrected chi connectivity index (χ0v) is 11.9. The smallest absolute Gasteiger partial charge is 0.271 e. The molecule has 0 saturated carbocycles. The first-order valence-electron chi connectivity index (χ1n) is 7.00. The van der Waals surface area contributed by atoms with Crippen LogP contribution in [0.25, 0.3) is 11.0 Å². The van der Waals surface area contributed by atoms with Crippen molar-refractivity contribution in [2.24, 2.45) is 0 Å². The lowest BCUT2D eigenvalue weighted by Gasteiger charge is -2.02. The van der Waals surface area contributed by atoms with Gasteiger partial charge < -0.3 is 10.3 Å². The number of benzene rings is 1. The van der Waals surface area contributed by atoms with E-state index in [0.29, 0.717) is 29.8 Å². The number of nitrogens with one attached hydrogen (secondary N) is 2. The summed E-state index contributed by atoms with van der Waals surface area (Å²) in [5, 5.41) is 13.5. The van der Waals surface area contributed by atoms with Crippen LogP contribution in [0.5, 0.6) is 0 Å². The monoisotopic (exact) mass is 290 g/mol. The van der Waals surface area contributed by atoms with Crippen molar-refractivity contribution in [2.45, 2.75) is 39.2 Å². The number of carbonyl (C=O) groups is 1. The number of nitrogens with zero attached hydrogens (tertiary/aromatic N) is 2. The summed E-state index contributed by atoms with van der Waals surface area (Å²) in [6.45, 7) is 2.39. The van der Waals surface area contributed by atoms with Gasteiger partial charge in [-0.25, -0.2) is 4.98 Å². The van der Waals surface area contributed by atoms with E-state index in [-0.39, 0.29) is 11.6 Å². The molecule has 1 amide bonds. The van der Waals surface area contributed by atoms with Crippen molar-refractivity contribution < 1.29 is 9.72 Å². The van der Waals surface area contributed by atoms with Crippen molar-refractivity contribution in [1.82, 2.24) is 15.3 Å². The van der Waals surface area contributed by atoms with Gasteiger partial charge in [-0.1, -0.05) is 19.8 Å². The fraction of sp³-hybridized carbons (Fsp3) is 0.429. The lowest BCUT2D eigenvalue weighted by atomic mass is 10.2. The quantitative estimate of drug-likeness (QED) is 0.465. The van der Waals surface area contributed by atoms with Crippen LogP contribution >= 0.6 is 0 Å². The summed E-state index contributed by atoms with van der Waals surface area (Å²) in [6.07, 6.45) is 3.52. The number of aromatic nitrogens is 2. The third kappa shape index (κ3) is 4.01. The van der Waals surface area contributed by atoms with Crippen molar-refractivity contribution in [3.05, 3.63) is 34.1 Å². The van der Waals surface area contributed by atoms with E-state index in [4.69, 9.17) is 0 Å². The zero-order chi connectivity index (χ0) is 15.2. The second-order valence-corrected chi connectivity index (χ2v) is 4.88. The number of H-pyrrole nitrogens is 1. The van der Waals surface area contributed by atoms with Gasteiger partial charge in [0.25, 0.3) is 5.69 Å². The SMILES string of the molecule is CCCCCC(=O)NCc1nc2ccc([N+](=O)[O-])cc2[nH]1. The van der Waals surface area contributed by atoms with Gasteiger partial charge in [0, 0.05) is 18.6 Å². The summed E-state index contributed by atoms with van der Waals surface area (Å²) in [5.41, 5.74) is 1.26. The molecule has 0 atom stereocenters. The van der Waals surface area contributed by atoms with E-state index in [9.17, 15) is 14.9 Å². The molecule has 1 aromatic heterocycles. The Morgan fingerprint density at radius 2 is 2.24 bits per heavy atom. The minimum atomic E-state index is -0.449.